The van der Waals surface area contributed by atoms with Gasteiger partial charge < -0.3 is 24.4 Å². The van der Waals surface area contributed by atoms with Gasteiger partial charge in [0.1, 0.15) is 25.6 Å². The molecule has 0 saturated carbocycles. The second kappa shape index (κ2) is 11.3. The molecule has 1 spiro atoms. The number of carbonyl (C=O) groups is 3. The van der Waals surface area contributed by atoms with E-state index in [1.54, 1.807) is 4.90 Å². The predicted octanol–water partition coefficient (Wildman–Crippen LogP) is 2.35. The van der Waals surface area contributed by atoms with Crippen LogP contribution in [0.1, 0.15) is 44.6 Å². The fraction of sp³-hybridized carbons (Fsp3) is 0.625. The molecule has 32 heavy (non-hydrogen) atoms. The molecule has 2 heterocycles. The number of hydrogen-bond donors (Lipinski definition) is 1. The number of fused-ring (bicyclic) bond motifs is 1. The highest BCUT2D eigenvalue weighted by Crippen LogP contribution is 2.39. The smallest absolute Gasteiger partial charge is 0.329 e. The Morgan fingerprint density at radius 2 is 1.84 bits per heavy atom. The van der Waals surface area contributed by atoms with Gasteiger partial charge >= 0.3 is 5.97 Å². The number of ether oxygens (including phenoxy) is 2. The topological polar surface area (TPSA) is 96.4 Å². The van der Waals surface area contributed by atoms with E-state index in [4.69, 9.17) is 14.6 Å². The van der Waals surface area contributed by atoms with E-state index < -0.39 is 18.0 Å². The lowest BCUT2D eigenvalue weighted by Gasteiger charge is -2.43. The van der Waals surface area contributed by atoms with Gasteiger partial charge in [-0.05, 0) is 50.7 Å². The average molecular weight is 447 g/mol. The van der Waals surface area contributed by atoms with Crippen molar-refractivity contribution in [2.45, 2.75) is 45.4 Å². The summed E-state index contributed by atoms with van der Waals surface area (Å²) in [5.74, 6) is -0.255. The molecule has 1 fully saturated rings. The Balaban J connectivity index is 1.66. The summed E-state index contributed by atoms with van der Waals surface area (Å²) in [6, 6.07) is 8.11. The highest BCUT2D eigenvalue weighted by molar-refractivity contribution is 5.84. The van der Waals surface area contributed by atoms with Crippen molar-refractivity contribution in [3.8, 4) is 5.75 Å². The average Bonchev–Trinajstić information content (AvgIpc) is 2.79. The number of nitrogens with zero attached hydrogens (tertiary/aromatic N) is 2. The molecule has 0 aliphatic carbocycles. The van der Waals surface area contributed by atoms with Gasteiger partial charge in [-0.3, -0.25) is 9.59 Å². The number of hydrogen-bond acceptors (Lipinski definition) is 5. The van der Waals surface area contributed by atoms with Gasteiger partial charge in [0.2, 0.25) is 11.8 Å². The number of likely N-dealkylation sites (N-methyl/N-ethyl adjacent to an activating group) is 1. The van der Waals surface area contributed by atoms with Gasteiger partial charge in [0, 0.05) is 19.6 Å². The van der Waals surface area contributed by atoms with Crippen LogP contribution in [0.5, 0.6) is 5.75 Å². The maximum atomic E-state index is 13.6. The third-order valence-corrected chi connectivity index (χ3v) is 6.59. The first-order chi connectivity index (χ1) is 15.4. The lowest BCUT2D eigenvalue weighted by molar-refractivity contribution is -0.152. The normalized spacial score (nSPS) is 19.5. The zero-order valence-electron chi connectivity index (χ0n) is 18.9. The van der Waals surface area contributed by atoms with Crippen molar-refractivity contribution in [2.75, 3.05) is 46.0 Å². The summed E-state index contributed by atoms with van der Waals surface area (Å²) in [5.41, 5.74) is 0.742. The van der Waals surface area contributed by atoms with Gasteiger partial charge in [0.25, 0.3) is 0 Å². The molecular weight excluding hydrogens is 412 g/mol. The van der Waals surface area contributed by atoms with Crippen LogP contribution in [-0.4, -0.2) is 78.7 Å². The summed E-state index contributed by atoms with van der Waals surface area (Å²) in [6.07, 6.45) is 4.88. The summed E-state index contributed by atoms with van der Waals surface area (Å²) < 4.78 is 11.0. The minimum absolute atomic E-state index is 0.159. The van der Waals surface area contributed by atoms with Crippen LogP contribution < -0.4 is 4.74 Å². The molecule has 2 aliphatic heterocycles. The van der Waals surface area contributed by atoms with Gasteiger partial charge in [0.15, 0.2) is 0 Å². The van der Waals surface area contributed by atoms with Crippen LogP contribution in [0.25, 0.3) is 0 Å². The summed E-state index contributed by atoms with van der Waals surface area (Å²) in [5, 5.41) is 8.66. The second-order valence-corrected chi connectivity index (χ2v) is 8.60. The van der Waals surface area contributed by atoms with Gasteiger partial charge in [-0.15, -0.1) is 0 Å². The van der Waals surface area contributed by atoms with Crippen molar-refractivity contribution in [3.63, 3.8) is 0 Å². The number of aliphatic carboxylic acids is 1. The van der Waals surface area contributed by atoms with Crippen LogP contribution in [0, 0.1) is 5.41 Å². The van der Waals surface area contributed by atoms with Gasteiger partial charge in [-0.2, -0.15) is 0 Å². The molecule has 3 rings (SSSR count). The SMILES string of the molecule is CCN1CCOc2ccccc2CCCCC2(CCN(C(=O)COCC(=O)O)CC2)C1=O. The molecule has 1 aromatic rings. The van der Waals surface area contributed by atoms with Gasteiger partial charge in [-0.1, -0.05) is 24.6 Å². The number of benzene rings is 1. The van der Waals surface area contributed by atoms with E-state index in [2.05, 4.69) is 6.07 Å². The van der Waals surface area contributed by atoms with E-state index in [1.807, 2.05) is 30.0 Å². The molecule has 1 aromatic carbocycles. The number of carbonyl (C=O) groups excluding carboxylic acids is 2. The number of carboxylic acid groups (broad SMARTS) is 1. The Labute approximate surface area is 189 Å². The quantitative estimate of drug-likeness (QED) is 0.746. The summed E-state index contributed by atoms with van der Waals surface area (Å²) >= 11 is 0. The summed E-state index contributed by atoms with van der Waals surface area (Å²) in [4.78, 5) is 40.1. The van der Waals surface area contributed by atoms with Crippen LogP contribution in [0.4, 0.5) is 0 Å². The minimum Gasteiger partial charge on any atom is -0.491 e. The Hall–Kier alpha value is -2.61. The van der Waals surface area contributed by atoms with Crippen molar-refractivity contribution in [2.24, 2.45) is 5.41 Å². The van der Waals surface area contributed by atoms with E-state index in [1.165, 1.54) is 5.56 Å². The Morgan fingerprint density at radius 1 is 1.09 bits per heavy atom. The van der Waals surface area contributed by atoms with E-state index in [9.17, 15) is 14.4 Å². The number of likely N-dealkylation sites (tertiary alicyclic amines) is 1. The maximum absolute atomic E-state index is 13.6. The third-order valence-electron chi connectivity index (χ3n) is 6.59. The van der Waals surface area contributed by atoms with Gasteiger partial charge in [-0.25, -0.2) is 4.79 Å². The Morgan fingerprint density at radius 3 is 2.56 bits per heavy atom. The maximum Gasteiger partial charge on any atom is 0.329 e. The van der Waals surface area contributed by atoms with E-state index >= 15 is 0 Å². The third kappa shape index (κ3) is 6.00. The molecule has 1 saturated heterocycles. The lowest BCUT2D eigenvalue weighted by Crippen LogP contribution is -2.52. The van der Waals surface area contributed by atoms with E-state index in [0.717, 1.165) is 31.4 Å². The molecule has 0 radical (unpaired) electrons. The van der Waals surface area contributed by atoms with Crippen LogP contribution in [0.3, 0.4) is 0 Å². The Kier molecular flexibility index (Phi) is 8.50. The van der Waals surface area contributed by atoms with Crippen LogP contribution >= 0.6 is 0 Å². The van der Waals surface area contributed by atoms with Crippen LogP contribution in [0.2, 0.25) is 0 Å². The second-order valence-electron chi connectivity index (χ2n) is 8.60. The molecule has 0 atom stereocenters. The zero-order valence-corrected chi connectivity index (χ0v) is 18.9. The standard InChI is InChI=1S/C24H34N2O6/c1-2-25-15-16-32-20-9-4-3-7-19(20)8-5-6-10-24(23(25)30)11-13-26(14-12-24)21(27)17-31-18-22(28)29/h3-4,7,9H,2,5-6,8,10-18H2,1H3,(H,28,29). The molecule has 8 nitrogen and oxygen atoms in total. The largest absolute Gasteiger partial charge is 0.491 e. The lowest BCUT2D eigenvalue weighted by atomic mass is 9.73. The number of rotatable bonds is 5. The van der Waals surface area contributed by atoms with Crippen molar-refractivity contribution < 1.29 is 29.0 Å². The summed E-state index contributed by atoms with van der Waals surface area (Å²) in [7, 11) is 0. The first-order valence-corrected chi connectivity index (χ1v) is 11.5. The number of carboxylic acids is 1. The Bertz CT molecular complexity index is 803. The number of amides is 2. The first-order valence-electron chi connectivity index (χ1n) is 11.5. The van der Waals surface area contributed by atoms with Crippen LogP contribution in [-0.2, 0) is 25.5 Å². The molecule has 8 heteroatoms. The molecule has 2 aliphatic rings. The molecule has 2 amide bonds. The monoisotopic (exact) mass is 446 g/mol. The molecule has 1 N–H and O–H groups in total. The minimum atomic E-state index is -1.10. The molecule has 0 bridgehead atoms. The highest BCUT2D eigenvalue weighted by Gasteiger charge is 2.43. The fourth-order valence-corrected chi connectivity index (χ4v) is 4.71. The van der Waals surface area contributed by atoms with Crippen LogP contribution in [0.15, 0.2) is 24.3 Å². The van der Waals surface area contributed by atoms with E-state index in [0.29, 0.717) is 45.6 Å². The fourth-order valence-electron chi connectivity index (χ4n) is 4.71. The number of piperidine rings is 1. The molecular formula is C24H34N2O6. The van der Waals surface area contributed by atoms with Gasteiger partial charge in [0.05, 0.1) is 12.0 Å². The first kappa shape index (κ1) is 24.0. The van der Waals surface area contributed by atoms with Crippen molar-refractivity contribution in [1.29, 1.82) is 0 Å². The number of para-hydroxylation sites is 1. The van der Waals surface area contributed by atoms with E-state index in [-0.39, 0.29) is 18.4 Å². The predicted molar refractivity (Wildman–Crippen MR) is 118 cm³/mol. The highest BCUT2D eigenvalue weighted by atomic mass is 16.5. The number of aryl methyl sites for hydroxylation is 1. The van der Waals surface area contributed by atoms with Crippen molar-refractivity contribution in [3.05, 3.63) is 29.8 Å². The molecule has 176 valence electrons. The zero-order chi connectivity index (χ0) is 23.0. The molecule has 0 unspecified atom stereocenters. The van der Waals surface area contributed by atoms with Crippen molar-refractivity contribution >= 4 is 17.8 Å². The summed E-state index contributed by atoms with van der Waals surface area (Å²) in [6.45, 7) is 3.84. The van der Waals surface area contributed by atoms with Crippen molar-refractivity contribution in [1.82, 2.24) is 9.80 Å². The molecule has 0 aromatic heterocycles.